The normalized spacial score (nSPS) is 19.9. The topological polar surface area (TPSA) is 58.6 Å². The third-order valence-corrected chi connectivity index (χ3v) is 3.11. The lowest BCUT2D eigenvalue weighted by atomic mass is 9.80. The summed E-state index contributed by atoms with van der Waals surface area (Å²) in [6.45, 7) is 4.74. The number of nitrogens with one attached hydrogen (secondary N) is 1. The zero-order valence-electron chi connectivity index (χ0n) is 10.3. The molecule has 0 aromatic rings. The van der Waals surface area contributed by atoms with Crippen LogP contribution in [0.15, 0.2) is 0 Å². The molecule has 94 valence electrons. The van der Waals surface area contributed by atoms with Crippen LogP contribution in [0, 0.1) is 0 Å². The van der Waals surface area contributed by atoms with Gasteiger partial charge in [-0.25, -0.2) is 0 Å². The lowest BCUT2D eigenvalue weighted by molar-refractivity contribution is -0.146. The van der Waals surface area contributed by atoms with Crippen LogP contribution in [-0.2, 0) is 9.53 Å². The molecule has 1 saturated carbocycles. The van der Waals surface area contributed by atoms with Gasteiger partial charge in [0.05, 0.1) is 12.2 Å². The van der Waals surface area contributed by atoms with Crippen molar-refractivity contribution in [2.75, 3.05) is 13.2 Å². The first-order valence-corrected chi connectivity index (χ1v) is 6.23. The van der Waals surface area contributed by atoms with Crippen molar-refractivity contribution in [2.45, 2.75) is 57.6 Å². The molecule has 2 N–H and O–H groups in total. The van der Waals surface area contributed by atoms with Gasteiger partial charge in [-0.3, -0.25) is 4.79 Å². The average molecular weight is 229 g/mol. The van der Waals surface area contributed by atoms with Gasteiger partial charge in [-0.15, -0.1) is 0 Å². The van der Waals surface area contributed by atoms with Crippen molar-refractivity contribution < 1.29 is 14.6 Å². The molecule has 0 radical (unpaired) electrons. The zero-order chi connectivity index (χ0) is 12.0. The van der Waals surface area contributed by atoms with Gasteiger partial charge in [0, 0.05) is 6.54 Å². The number of carbonyl (C=O) groups is 1. The molecule has 0 aromatic heterocycles. The van der Waals surface area contributed by atoms with E-state index >= 15 is 0 Å². The highest BCUT2D eigenvalue weighted by atomic mass is 16.5. The summed E-state index contributed by atoms with van der Waals surface area (Å²) in [5.74, 6) is -0.202. The highest BCUT2D eigenvalue weighted by Gasteiger charge is 2.35. The van der Waals surface area contributed by atoms with Gasteiger partial charge >= 0.3 is 5.97 Å². The SMILES string of the molecule is CCCC(NCC1(O)CCC1)C(=O)OCC. The Morgan fingerprint density at radius 2 is 2.19 bits per heavy atom. The van der Waals surface area contributed by atoms with Crippen molar-refractivity contribution in [2.24, 2.45) is 0 Å². The highest BCUT2D eigenvalue weighted by molar-refractivity contribution is 5.75. The van der Waals surface area contributed by atoms with E-state index in [9.17, 15) is 9.90 Å². The molecule has 0 spiro atoms. The molecule has 1 rings (SSSR count). The average Bonchev–Trinajstić information content (AvgIpc) is 2.21. The quantitative estimate of drug-likeness (QED) is 0.645. The Kier molecular flexibility index (Phi) is 5.22. The molecule has 1 fully saturated rings. The molecule has 0 aliphatic heterocycles. The maximum atomic E-state index is 11.6. The number of rotatable bonds is 7. The van der Waals surface area contributed by atoms with Crippen molar-refractivity contribution in [1.82, 2.24) is 5.32 Å². The Labute approximate surface area is 97.4 Å². The Hall–Kier alpha value is -0.610. The minimum atomic E-state index is -0.585. The second kappa shape index (κ2) is 6.21. The monoisotopic (exact) mass is 229 g/mol. The number of esters is 1. The summed E-state index contributed by atoms with van der Waals surface area (Å²) in [5, 5.41) is 13.0. The molecule has 4 nitrogen and oxygen atoms in total. The van der Waals surface area contributed by atoms with Gasteiger partial charge in [0.2, 0.25) is 0 Å². The minimum Gasteiger partial charge on any atom is -0.465 e. The maximum absolute atomic E-state index is 11.6. The predicted molar refractivity (Wildman–Crippen MR) is 62.1 cm³/mol. The predicted octanol–water partition coefficient (Wildman–Crippen LogP) is 1.22. The van der Waals surface area contributed by atoms with Gasteiger partial charge in [-0.2, -0.15) is 0 Å². The van der Waals surface area contributed by atoms with Gasteiger partial charge in [0.25, 0.3) is 0 Å². The van der Waals surface area contributed by atoms with Gasteiger partial charge in [0.1, 0.15) is 6.04 Å². The van der Waals surface area contributed by atoms with Crippen LogP contribution in [0.1, 0.15) is 46.0 Å². The summed E-state index contributed by atoms with van der Waals surface area (Å²) in [6.07, 6.45) is 4.43. The molecule has 1 aliphatic carbocycles. The molecular weight excluding hydrogens is 206 g/mol. The molecule has 0 amide bonds. The molecule has 1 atom stereocenters. The first-order valence-electron chi connectivity index (χ1n) is 6.23. The van der Waals surface area contributed by atoms with Crippen molar-refractivity contribution in [3.05, 3.63) is 0 Å². The lowest BCUT2D eigenvalue weighted by Gasteiger charge is -2.37. The van der Waals surface area contributed by atoms with Crippen molar-refractivity contribution in [1.29, 1.82) is 0 Å². The standard InChI is InChI=1S/C12H23NO3/c1-3-6-10(11(14)16-4-2)13-9-12(15)7-5-8-12/h10,13,15H,3-9H2,1-2H3. The summed E-state index contributed by atoms with van der Waals surface area (Å²) in [5.41, 5.74) is -0.585. The van der Waals surface area contributed by atoms with E-state index in [2.05, 4.69) is 5.32 Å². The summed E-state index contributed by atoms with van der Waals surface area (Å²) in [6, 6.07) is -0.269. The highest BCUT2D eigenvalue weighted by Crippen LogP contribution is 2.30. The number of hydrogen-bond donors (Lipinski definition) is 2. The maximum Gasteiger partial charge on any atom is 0.323 e. The fourth-order valence-electron chi connectivity index (χ4n) is 1.91. The second-order valence-electron chi connectivity index (χ2n) is 4.55. The van der Waals surface area contributed by atoms with Gasteiger partial charge in [-0.05, 0) is 32.6 Å². The molecule has 0 bridgehead atoms. The number of aliphatic hydroxyl groups is 1. The van der Waals surface area contributed by atoms with E-state index in [4.69, 9.17) is 4.74 Å². The van der Waals surface area contributed by atoms with Crippen LogP contribution < -0.4 is 5.32 Å². The number of ether oxygens (including phenoxy) is 1. The van der Waals surface area contributed by atoms with Crippen LogP contribution in [0.5, 0.6) is 0 Å². The summed E-state index contributed by atoms with van der Waals surface area (Å²) in [4.78, 5) is 11.6. The first kappa shape index (κ1) is 13.5. The van der Waals surface area contributed by atoms with Crippen LogP contribution in [0.25, 0.3) is 0 Å². The molecule has 0 aromatic carbocycles. The molecular formula is C12H23NO3. The fraction of sp³-hybridized carbons (Fsp3) is 0.917. The molecule has 0 heterocycles. The summed E-state index contributed by atoms with van der Waals surface area (Å²) in [7, 11) is 0. The first-order chi connectivity index (χ1) is 7.61. The fourth-order valence-corrected chi connectivity index (χ4v) is 1.91. The molecule has 1 unspecified atom stereocenters. The van der Waals surface area contributed by atoms with Crippen molar-refractivity contribution in [3.8, 4) is 0 Å². The van der Waals surface area contributed by atoms with E-state index in [0.29, 0.717) is 13.2 Å². The Morgan fingerprint density at radius 1 is 1.50 bits per heavy atom. The van der Waals surface area contributed by atoms with Crippen LogP contribution in [-0.4, -0.2) is 35.9 Å². The van der Waals surface area contributed by atoms with E-state index < -0.39 is 5.60 Å². The third kappa shape index (κ3) is 3.76. The largest absolute Gasteiger partial charge is 0.465 e. The van der Waals surface area contributed by atoms with Crippen LogP contribution in [0.4, 0.5) is 0 Å². The Bertz CT molecular complexity index is 226. The van der Waals surface area contributed by atoms with Gasteiger partial charge in [-0.1, -0.05) is 13.3 Å². The number of hydrogen-bond acceptors (Lipinski definition) is 4. The summed E-state index contributed by atoms with van der Waals surface area (Å²) < 4.78 is 4.99. The van der Waals surface area contributed by atoms with E-state index in [1.54, 1.807) is 6.92 Å². The van der Waals surface area contributed by atoms with Crippen molar-refractivity contribution >= 4 is 5.97 Å². The molecule has 1 aliphatic rings. The van der Waals surface area contributed by atoms with Crippen molar-refractivity contribution in [3.63, 3.8) is 0 Å². The van der Waals surface area contributed by atoms with E-state index in [1.807, 2.05) is 6.92 Å². The second-order valence-corrected chi connectivity index (χ2v) is 4.55. The molecule has 16 heavy (non-hydrogen) atoms. The minimum absolute atomic E-state index is 0.202. The van der Waals surface area contributed by atoms with E-state index in [0.717, 1.165) is 32.1 Å². The third-order valence-electron chi connectivity index (χ3n) is 3.11. The molecule has 4 heteroatoms. The lowest BCUT2D eigenvalue weighted by Crippen LogP contribution is -2.51. The zero-order valence-corrected chi connectivity index (χ0v) is 10.3. The number of carbonyl (C=O) groups excluding carboxylic acids is 1. The van der Waals surface area contributed by atoms with E-state index in [-0.39, 0.29) is 12.0 Å². The Balaban J connectivity index is 2.34. The summed E-state index contributed by atoms with van der Waals surface area (Å²) >= 11 is 0. The van der Waals surface area contributed by atoms with Gasteiger partial charge < -0.3 is 15.2 Å². The van der Waals surface area contributed by atoms with Crippen LogP contribution >= 0.6 is 0 Å². The van der Waals surface area contributed by atoms with Crippen LogP contribution in [0.2, 0.25) is 0 Å². The smallest absolute Gasteiger partial charge is 0.323 e. The Morgan fingerprint density at radius 3 is 2.62 bits per heavy atom. The van der Waals surface area contributed by atoms with Gasteiger partial charge in [0.15, 0.2) is 0 Å². The van der Waals surface area contributed by atoms with Crippen LogP contribution in [0.3, 0.4) is 0 Å². The van der Waals surface area contributed by atoms with E-state index in [1.165, 1.54) is 0 Å². The molecule has 0 saturated heterocycles.